The van der Waals surface area contributed by atoms with Crippen LogP contribution >= 0.6 is 11.3 Å². The van der Waals surface area contributed by atoms with E-state index < -0.39 is 0 Å². The molecule has 6 heteroatoms. The Bertz CT molecular complexity index is 421. The smallest absolute Gasteiger partial charge is 0.230 e. The molecule has 0 saturated carbocycles. The maximum Gasteiger partial charge on any atom is 0.230 e. The molecule has 0 aromatic carbocycles. The molecule has 0 amide bonds. The van der Waals surface area contributed by atoms with Gasteiger partial charge in [-0.05, 0) is 25.9 Å². The van der Waals surface area contributed by atoms with Crippen LogP contribution in [0.3, 0.4) is 0 Å². The lowest BCUT2D eigenvalue weighted by atomic mass is 10.2. The van der Waals surface area contributed by atoms with Gasteiger partial charge in [-0.2, -0.15) is 4.98 Å². The highest BCUT2D eigenvalue weighted by atomic mass is 32.1. The van der Waals surface area contributed by atoms with Crippen molar-refractivity contribution in [2.45, 2.75) is 32.4 Å². The lowest BCUT2D eigenvalue weighted by Crippen LogP contribution is -2.37. The number of hydrogen-bond acceptors (Lipinski definition) is 6. The molecule has 20 heavy (non-hydrogen) atoms. The zero-order valence-corrected chi connectivity index (χ0v) is 13.8. The molecular formula is C14H26N4OS. The Labute approximate surface area is 125 Å². The summed E-state index contributed by atoms with van der Waals surface area (Å²) in [6.07, 6.45) is 2.64. The molecular weight excluding hydrogens is 272 g/mol. The maximum absolute atomic E-state index is 5.36. The molecule has 0 aliphatic carbocycles. The van der Waals surface area contributed by atoms with Gasteiger partial charge in [0.05, 0.1) is 12.0 Å². The second kappa shape index (κ2) is 7.24. The van der Waals surface area contributed by atoms with Crippen LogP contribution in [0.1, 0.15) is 24.6 Å². The molecule has 0 radical (unpaired) electrons. The van der Waals surface area contributed by atoms with E-state index in [9.17, 15) is 0 Å². The summed E-state index contributed by atoms with van der Waals surface area (Å²) in [5.74, 6) is 0.755. The summed E-state index contributed by atoms with van der Waals surface area (Å²) in [7, 11) is 5.70. The number of nitrogens with zero attached hydrogens (tertiary/aromatic N) is 3. The highest BCUT2D eigenvalue weighted by Crippen LogP contribution is 2.30. The third kappa shape index (κ3) is 3.62. The molecule has 114 valence electrons. The Balaban J connectivity index is 1.87. The van der Waals surface area contributed by atoms with Gasteiger partial charge in [0.15, 0.2) is 5.13 Å². The Morgan fingerprint density at radius 1 is 1.50 bits per heavy atom. The Hall–Kier alpha value is -0.850. The molecule has 2 heterocycles. The molecule has 1 N–H and O–H groups in total. The van der Waals surface area contributed by atoms with Crippen LogP contribution in [0.2, 0.25) is 0 Å². The van der Waals surface area contributed by atoms with Crippen molar-refractivity contribution in [2.75, 3.05) is 45.7 Å². The van der Waals surface area contributed by atoms with E-state index in [1.165, 1.54) is 24.3 Å². The molecule has 5 nitrogen and oxygen atoms in total. The predicted molar refractivity (Wildman–Crippen MR) is 85.0 cm³/mol. The topological polar surface area (TPSA) is 40.6 Å². The first kappa shape index (κ1) is 15.5. The highest BCUT2D eigenvalue weighted by molar-refractivity contribution is 7.15. The fraction of sp³-hybridized carbons (Fsp3) is 0.786. The summed E-state index contributed by atoms with van der Waals surface area (Å²) in [4.78, 5) is 10.2. The molecule has 0 spiro atoms. The number of methoxy groups -OCH3 is 1. The number of likely N-dealkylation sites (tertiary alicyclic amines) is 1. The van der Waals surface area contributed by atoms with Crippen molar-refractivity contribution in [3.8, 4) is 5.88 Å². The highest BCUT2D eigenvalue weighted by Gasteiger charge is 2.22. The third-order valence-electron chi connectivity index (χ3n) is 3.80. The van der Waals surface area contributed by atoms with Crippen LogP contribution in [-0.2, 0) is 6.54 Å². The molecule has 1 aliphatic heterocycles. The van der Waals surface area contributed by atoms with Gasteiger partial charge in [-0.3, -0.25) is 4.90 Å². The molecule has 1 atom stereocenters. The fourth-order valence-electron chi connectivity index (χ4n) is 2.68. The van der Waals surface area contributed by atoms with Crippen molar-refractivity contribution >= 4 is 16.5 Å². The molecule has 2 rings (SSSR count). The van der Waals surface area contributed by atoms with Crippen molar-refractivity contribution in [3.05, 3.63) is 4.88 Å². The van der Waals surface area contributed by atoms with Crippen LogP contribution in [0.4, 0.5) is 5.13 Å². The van der Waals surface area contributed by atoms with Crippen LogP contribution in [0.5, 0.6) is 5.88 Å². The number of ether oxygens (including phenoxy) is 1. The molecule has 1 fully saturated rings. The van der Waals surface area contributed by atoms with E-state index in [4.69, 9.17) is 4.74 Å². The van der Waals surface area contributed by atoms with Gasteiger partial charge in [0.1, 0.15) is 0 Å². The SMILES string of the molecule is CCN1CCCC1CNCc1sc(N(C)C)nc1OC. The van der Waals surface area contributed by atoms with Gasteiger partial charge in [-0.15, -0.1) is 0 Å². The molecule has 1 saturated heterocycles. The summed E-state index contributed by atoms with van der Waals surface area (Å²) >= 11 is 1.69. The van der Waals surface area contributed by atoms with Gasteiger partial charge in [0.2, 0.25) is 5.88 Å². The van der Waals surface area contributed by atoms with Gasteiger partial charge in [0, 0.05) is 33.2 Å². The fourth-order valence-corrected chi connectivity index (χ4v) is 3.61. The average molecular weight is 298 g/mol. The van der Waals surface area contributed by atoms with Crippen LogP contribution in [0.25, 0.3) is 0 Å². The van der Waals surface area contributed by atoms with E-state index in [1.807, 2.05) is 19.0 Å². The molecule has 1 aromatic heterocycles. The van der Waals surface area contributed by atoms with Gasteiger partial charge >= 0.3 is 0 Å². The number of rotatable bonds is 7. The third-order valence-corrected chi connectivity index (χ3v) is 5.00. The van der Waals surface area contributed by atoms with Gasteiger partial charge < -0.3 is 15.0 Å². The minimum atomic E-state index is 0.687. The van der Waals surface area contributed by atoms with Crippen molar-refractivity contribution in [3.63, 3.8) is 0 Å². The standard InChI is InChI=1S/C14H26N4OS/c1-5-18-8-6-7-11(18)9-15-10-12-13(19-4)16-14(20-12)17(2)3/h11,15H,5-10H2,1-4H3. The molecule has 0 bridgehead atoms. The molecule has 1 aliphatic rings. The predicted octanol–water partition coefficient (Wildman–Crippen LogP) is 1.79. The first-order valence-electron chi connectivity index (χ1n) is 7.31. The maximum atomic E-state index is 5.36. The lowest BCUT2D eigenvalue weighted by Gasteiger charge is -2.22. The number of anilines is 1. The van der Waals surface area contributed by atoms with Crippen molar-refractivity contribution < 1.29 is 4.74 Å². The number of thiazole rings is 1. The van der Waals surface area contributed by atoms with E-state index in [1.54, 1.807) is 18.4 Å². The lowest BCUT2D eigenvalue weighted by molar-refractivity contribution is 0.259. The Kier molecular flexibility index (Phi) is 5.63. The van der Waals surface area contributed by atoms with Crippen molar-refractivity contribution in [2.24, 2.45) is 0 Å². The summed E-state index contributed by atoms with van der Waals surface area (Å²) in [6.45, 7) is 6.53. The monoisotopic (exact) mass is 298 g/mol. The van der Waals surface area contributed by atoms with E-state index in [0.29, 0.717) is 6.04 Å². The van der Waals surface area contributed by atoms with Crippen LogP contribution in [-0.4, -0.2) is 56.8 Å². The normalized spacial score (nSPS) is 19.5. The van der Waals surface area contributed by atoms with Crippen LogP contribution in [0.15, 0.2) is 0 Å². The minimum absolute atomic E-state index is 0.687. The summed E-state index contributed by atoms with van der Waals surface area (Å²) in [5.41, 5.74) is 0. The zero-order chi connectivity index (χ0) is 14.5. The first-order chi connectivity index (χ1) is 9.65. The quantitative estimate of drug-likeness (QED) is 0.831. The average Bonchev–Trinajstić information content (AvgIpc) is 3.04. The number of likely N-dealkylation sites (N-methyl/N-ethyl adjacent to an activating group) is 1. The molecule has 1 unspecified atom stereocenters. The van der Waals surface area contributed by atoms with Crippen LogP contribution < -0.4 is 15.0 Å². The number of nitrogens with one attached hydrogen (secondary N) is 1. The number of hydrogen-bond donors (Lipinski definition) is 1. The van der Waals surface area contributed by atoms with Crippen molar-refractivity contribution in [1.82, 2.24) is 15.2 Å². The van der Waals surface area contributed by atoms with E-state index in [2.05, 4.69) is 22.1 Å². The van der Waals surface area contributed by atoms with E-state index >= 15 is 0 Å². The Morgan fingerprint density at radius 3 is 2.95 bits per heavy atom. The van der Waals surface area contributed by atoms with Gasteiger partial charge in [-0.1, -0.05) is 18.3 Å². The molecule has 1 aromatic rings. The zero-order valence-electron chi connectivity index (χ0n) is 13.0. The Morgan fingerprint density at radius 2 is 2.30 bits per heavy atom. The second-order valence-corrected chi connectivity index (χ2v) is 6.44. The second-order valence-electron chi connectivity index (χ2n) is 5.38. The number of aromatic nitrogens is 1. The summed E-state index contributed by atoms with van der Waals surface area (Å²) in [5, 5.41) is 4.56. The minimum Gasteiger partial charge on any atom is -0.480 e. The van der Waals surface area contributed by atoms with Crippen LogP contribution in [0, 0.1) is 0 Å². The van der Waals surface area contributed by atoms with Crippen molar-refractivity contribution in [1.29, 1.82) is 0 Å². The largest absolute Gasteiger partial charge is 0.480 e. The summed E-state index contributed by atoms with van der Waals surface area (Å²) in [6, 6.07) is 0.687. The summed E-state index contributed by atoms with van der Waals surface area (Å²) < 4.78 is 5.36. The van der Waals surface area contributed by atoms with E-state index in [-0.39, 0.29) is 0 Å². The van der Waals surface area contributed by atoms with Gasteiger partial charge in [0.25, 0.3) is 0 Å². The first-order valence-corrected chi connectivity index (χ1v) is 8.13. The van der Waals surface area contributed by atoms with Gasteiger partial charge in [-0.25, -0.2) is 0 Å². The van der Waals surface area contributed by atoms with E-state index in [0.717, 1.165) is 30.6 Å².